The van der Waals surface area contributed by atoms with E-state index in [4.69, 9.17) is 4.74 Å². The lowest BCUT2D eigenvalue weighted by molar-refractivity contribution is -0.139. The highest BCUT2D eigenvalue weighted by molar-refractivity contribution is 5.81. The Morgan fingerprint density at radius 1 is 1.42 bits per heavy atom. The van der Waals surface area contributed by atoms with E-state index in [0.29, 0.717) is 19.5 Å². The molecule has 0 aliphatic carbocycles. The van der Waals surface area contributed by atoms with Crippen molar-refractivity contribution in [2.75, 3.05) is 26.2 Å². The summed E-state index contributed by atoms with van der Waals surface area (Å²) < 4.78 is 19.1. The molecule has 0 aromatic heterocycles. The van der Waals surface area contributed by atoms with Crippen molar-refractivity contribution in [2.24, 2.45) is 0 Å². The van der Waals surface area contributed by atoms with E-state index in [2.05, 4.69) is 5.32 Å². The second-order valence-electron chi connectivity index (χ2n) is 4.52. The van der Waals surface area contributed by atoms with Crippen LogP contribution in [0.15, 0.2) is 24.3 Å². The van der Waals surface area contributed by atoms with Crippen LogP contribution in [-0.4, -0.2) is 43.1 Å². The highest BCUT2D eigenvalue weighted by Gasteiger charge is 2.26. The number of hydrogen-bond donors (Lipinski definition) is 1. The van der Waals surface area contributed by atoms with Gasteiger partial charge in [0.15, 0.2) is 17.7 Å². The molecule has 0 spiro atoms. The van der Waals surface area contributed by atoms with Crippen LogP contribution in [0, 0.1) is 5.82 Å². The molecule has 4 nitrogen and oxygen atoms in total. The van der Waals surface area contributed by atoms with Gasteiger partial charge in [-0.15, -0.1) is 0 Å². The summed E-state index contributed by atoms with van der Waals surface area (Å²) in [7, 11) is 0. The zero-order valence-corrected chi connectivity index (χ0v) is 11.1. The van der Waals surface area contributed by atoms with Gasteiger partial charge in [0.1, 0.15) is 0 Å². The Kier molecular flexibility index (Phi) is 4.74. The minimum atomic E-state index is -0.616. The van der Waals surface area contributed by atoms with Crippen molar-refractivity contribution in [1.29, 1.82) is 0 Å². The van der Waals surface area contributed by atoms with E-state index in [9.17, 15) is 9.18 Å². The van der Waals surface area contributed by atoms with Gasteiger partial charge in [0.05, 0.1) is 0 Å². The maximum atomic E-state index is 13.5. The summed E-state index contributed by atoms with van der Waals surface area (Å²) in [6, 6.07) is 6.17. The van der Waals surface area contributed by atoms with E-state index < -0.39 is 11.9 Å². The number of amides is 1. The predicted molar refractivity (Wildman–Crippen MR) is 70.6 cm³/mol. The molecule has 1 heterocycles. The second kappa shape index (κ2) is 6.52. The monoisotopic (exact) mass is 266 g/mol. The fourth-order valence-corrected chi connectivity index (χ4v) is 2.09. The molecule has 2 rings (SSSR count). The maximum Gasteiger partial charge on any atom is 0.263 e. The molecule has 1 N–H and O–H groups in total. The number of halogens is 1. The third-order valence-corrected chi connectivity index (χ3v) is 3.18. The summed E-state index contributed by atoms with van der Waals surface area (Å²) in [6.07, 6.45) is -0.0908. The third kappa shape index (κ3) is 3.44. The highest BCUT2D eigenvalue weighted by atomic mass is 19.1. The van der Waals surface area contributed by atoms with Crippen molar-refractivity contribution in [3.05, 3.63) is 30.1 Å². The molecule has 19 heavy (non-hydrogen) atoms. The molecule has 0 bridgehead atoms. The largest absolute Gasteiger partial charge is 0.478 e. The molecule has 1 saturated heterocycles. The fourth-order valence-electron chi connectivity index (χ4n) is 2.09. The minimum absolute atomic E-state index is 0.0627. The number of carbonyl (C=O) groups is 1. The Morgan fingerprint density at radius 2 is 2.11 bits per heavy atom. The molecule has 1 unspecified atom stereocenters. The number of piperazine rings is 1. The van der Waals surface area contributed by atoms with Crippen molar-refractivity contribution >= 4 is 5.91 Å². The van der Waals surface area contributed by atoms with Gasteiger partial charge in [0.2, 0.25) is 0 Å². The molecule has 0 saturated carbocycles. The number of carbonyl (C=O) groups excluding carboxylic acids is 1. The van der Waals surface area contributed by atoms with Crippen LogP contribution in [0.3, 0.4) is 0 Å². The first-order chi connectivity index (χ1) is 9.22. The number of hydrogen-bond acceptors (Lipinski definition) is 3. The van der Waals surface area contributed by atoms with Crippen LogP contribution >= 0.6 is 0 Å². The standard InChI is InChI=1S/C14H19FN2O2/c1-2-12(14(18)17-9-7-16-8-10-17)19-13-6-4-3-5-11(13)15/h3-6,12,16H,2,7-10H2,1H3. The summed E-state index contributed by atoms with van der Waals surface area (Å²) in [5.74, 6) is -0.362. The summed E-state index contributed by atoms with van der Waals surface area (Å²) in [4.78, 5) is 14.1. The summed E-state index contributed by atoms with van der Waals surface area (Å²) >= 11 is 0. The van der Waals surface area contributed by atoms with Crippen LogP contribution in [0.5, 0.6) is 5.75 Å². The van der Waals surface area contributed by atoms with Crippen molar-refractivity contribution in [3.8, 4) is 5.75 Å². The van der Waals surface area contributed by atoms with Gasteiger partial charge in [0, 0.05) is 26.2 Å². The molecule has 1 aliphatic heterocycles. The van der Waals surface area contributed by atoms with Crippen LogP contribution in [-0.2, 0) is 4.79 Å². The molecule has 1 aliphatic rings. The van der Waals surface area contributed by atoms with Gasteiger partial charge in [-0.1, -0.05) is 19.1 Å². The average Bonchev–Trinajstić information content (AvgIpc) is 2.47. The molecular formula is C14H19FN2O2. The molecule has 104 valence electrons. The van der Waals surface area contributed by atoms with Crippen molar-refractivity contribution in [2.45, 2.75) is 19.4 Å². The molecular weight excluding hydrogens is 247 g/mol. The second-order valence-corrected chi connectivity index (χ2v) is 4.52. The molecule has 5 heteroatoms. The van der Waals surface area contributed by atoms with Gasteiger partial charge in [-0.25, -0.2) is 4.39 Å². The number of nitrogens with zero attached hydrogens (tertiary/aromatic N) is 1. The fraction of sp³-hybridized carbons (Fsp3) is 0.500. The first kappa shape index (κ1) is 13.8. The molecule has 1 amide bonds. The van der Waals surface area contributed by atoms with E-state index in [-0.39, 0.29) is 11.7 Å². The molecule has 1 aromatic carbocycles. The highest BCUT2D eigenvalue weighted by Crippen LogP contribution is 2.19. The van der Waals surface area contributed by atoms with Crippen LogP contribution in [0.25, 0.3) is 0 Å². The number of benzene rings is 1. The lowest BCUT2D eigenvalue weighted by Gasteiger charge is -2.30. The van der Waals surface area contributed by atoms with E-state index in [1.807, 2.05) is 6.92 Å². The van der Waals surface area contributed by atoms with Crippen LogP contribution in [0.4, 0.5) is 4.39 Å². The number of nitrogens with one attached hydrogen (secondary N) is 1. The van der Waals surface area contributed by atoms with Gasteiger partial charge in [-0.2, -0.15) is 0 Å². The zero-order chi connectivity index (χ0) is 13.7. The van der Waals surface area contributed by atoms with E-state index in [1.165, 1.54) is 6.07 Å². The third-order valence-electron chi connectivity index (χ3n) is 3.18. The van der Waals surface area contributed by atoms with E-state index in [1.54, 1.807) is 23.1 Å². The van der Waals surface area contributed by atoms with Gasteiger partial charge in [-0.3, -0.25) is 4.79 Å². The average molecular weight is 266 g/mol. The smallest absolute Gasteiger partial charge is 0.263 e. The van der Waals surface area contributed by atoms with E-state index >= 15 is 0 Å². The maximum absolute atomic E-state index is 13.5. The Labute approximate surface area is 112 Å². The van der Waals surface area contributed by atoms with E-state index in [0.717, 1.165) is 13.1 Å². The summed E-state index contributed by atoms with van der Waals surface area (Å²) in [5, 5.41) is 3.19. The predicted octanol–water partition coefficient (Wildman–Crippen LogP) is 1.41. The first-order valence-electron chi connectivity index (χ1n) is 6.63. The van der Waals surface area contributed by atoms with Gasteiger partial charge in [0.25, 0.3) is 5.91 Å². The zero-order valence-electron chi connectivity index (χ0n) is 11.1. The molecule has 1 fully saturated rings. The number of para-hydroxylation sites is 1. The summed E-state index contributed by atoms with van der Waals surface area (Å²) in [6.45, 7) is 4.81. The SMILES string of the molecule is CCC(Oc1ccccc1F)C(=O)N1CCNCC1. The molecule has 1 aromatic rings. The van der Waals surface area contributed by atoms with Gasteiger partial charge in [-0.05, 0) is 18.6 Å². The normalized spacial score (nSPS) is 17.1. The van der Waals surface area contributed by atoms with Gasteiger partial charge < -0.3 is 15.0 Å². The van der Waals surface area contributed by atoms with Gasteiger partial charge >= 0.3 is 0 Å². The quantitative estimate of drug-likeness (QED) is 0.896. The first-order valence-corrected chi connectivity index (χ1v) is 6.63. The lowest BCUT2D eigenvalue weighted by Crippen LogP contribution is -2.50. The molecule has 1 atom stereocenters. The Bertz CT molecular complexity index is 433. The Hall–Kier alpha value is -1.62. The van der Waals surface area contributed by atoms with Crippen LogP contribution in [0.1, 0.15) is 13.3 Å². The van der Waals surface area contributed by atoms with Crippen molar-refractivity contribution < 1.29 is 13.9 Å². The summed E-state index contributed by atoms with van der Waals surface area (Å²) in [5.41, 5.74) is 0. The number of ether oxygens (including phenoxy) is 1. The minimum Gasteiger partial charge on any atom is -0.478 e. The molecule has 0 radical (unpaired) electrons. The van der Waals surface area contributed by atoms with Crippen molar-refractivity contribution in [3.63, 3.8) is 0 Å². The topological polar surface area (TPSA) is 41.6 Å². The number of rotatable bonds is 4. The van der Waals surface area contributed by atoms with Crippen LogP contribution in [0.2, 0.25) is 0 Å². The van der Waals surface area contributed by atoms with Crippen molar-refractivity contribution in [1.82, 2.24) is 10.2 Å². The Morgan fingerprint density at radius 3 is 2.74 bits per heavy atom. The Balaban J connectivity index is 2.03. The lowest BCUT2D eigenvalue weighted by atomic mass is 10.2. The van der Waals surface area contributed by atoms with Crippen LogP contribution < -0.4 is 10.1 Å².